The van der Waals surface area contributed by atoms with E-state index >= 15 is 0 Å². The summed E-state index contributed by atoms with van der Waals surface area (Å²) in [5.41, 5.74) is 2.89. The van der Waals surface area contributed by atoms with E-state index in [1.165, 1.54) is 56.2 Å². The first-order valence-electron chi connectivity index (χ1n) is 8.47. The Morgan fingerprint density at radius 1 is 1.00 bits per heavy atom. The van der Waals surface area contributed by atoms with Crippen LogP contribution in [0.25, 0.3) is 0 Å². The molecule has 1 aromatic carbocycles. The van der Waals surface area contributed by atoms with Crippen molar-refractivity contribution >= 4 is 0 Å². The Morgan fingerprint density at radius 2 is 1.65 bits per heavy atom. The molecule has 20 heavy (non-hydrogen) atoms. The molecule has 1 saturated carbocycles. The lowest BCUT2D eigenvalue weighted by Gasteiger charge is -2.24. The van der Waals surface area contributed by atoms with E-state index in [0.717, 1.165) is 11.8 Å². The van der Waals surface area contributed by atoms with Gasteiger partial charge >= 0.3 is 0 Å². The topological polar surface area (TPSA) is 12.0 Å². The highest BCUT2D eigenvalue weighted by molar-refractivity contribution is 5.25. The molecule has 0 heterocycles. The molecule has 0 aromatic heterocycles. The van der Waals surface area contributed by atoms with E-state index in [1.807, 2.05) is 0 Å². The van der Waals surface area contributed by atoms with Crippen molar-refractivity contribution in [3.8, 4) is 0 Å². The van der Waals surface area contributed by atoms with Gasteiger partial charge < -0.3 is 5.32 Å². The van der Waals surface area contributed by atoms with Crippen LogP contribution in [0.2, 0.25) is 0 Å². The highest BCUT2D eigenvalue weighted by Crippen LogP contribution is 2.24. The van der Waals surface area contributed by atoms with Gasteiger partial charge in [0.1, 0.15) is 0 Å². The number of nitrogens with one attached hydrogen (secondary N) is 1. The van der Waals surface area contributed by atoms with Crippen LogP contribution in [-0.4, -0.2) is 6.54 Å². The Morgan fingerprint density at radius 3 is 2.25 bits per heavy atom. The summed E-state index contributed by atoms with van der Waals surface area (Å²) in [4.78, 5) is 0. The van der Waals surface area contributed by atoms with E-state index in [0.29, 0.717) is 6.04 Å². The molecule has 1 fully saturated rings. The number of rotatable bonds is 6. The summed E-state index contributed by atoms with van der Waals surface area (Å²) in [5, 5.41) is 3.73. The van der Waals surface area contributed by atoms with Crippen LogP contribution >= 0.6 is 0 Å². The van der Waals surface area contributed by atoms with Crippen molar-refractivity contribution in [2.45, 2.75) is 65.3 Å². The van der Waals surface area contributed by atoms with E-state index < -0.39 is 0 Å². The van der Waals surface area contributed by atoms with Gasteiger partial charge in [-0.25, -0.2) is 0 Å². The molecule has 2 rings (SSSR count). The molecule has 1 N–H and O–H groups in total. The Labute approximate surface area is 125 Å². The van der Waals surface area contributed by atoms with E-state index in [4.69, 9.17) is 0 Å². The third-order valence-corrected chi connectivity index (χ3v) is 4.56. The first-order chi connectivity index (χ1) is 9.65. The summed E-state index contributed by atoms with van der Waals surface area (Å²) in [5.74, 6) is 1.65. The first kappa shape index (κ1) is 15.6. The third-order valence-electron chi connectivity index (χ3n) is 4.56. The molecule has 0 amide bonds. The lowest BCUT2D eigenvalue weighted by atomic mass is 9.89. The standard InChI is InChI=1S/C19H31N/c1-15(2)13-17-9-11-19(12-10-17)16(3)20-14-18-7-5-4-6-8-18/h9-12,15-16,18,20H,4-8,13-14H2,1-3H3. The second kappa shape index (κ2) is 7.83. The zero-order valence-electron chi connectivity index (χ0n) is 13.5. The van der Waals surface area contributed by atoms with Crippen molar-refractivity contribution in [1.29, 1.82) is 0 Å². The fourth-order valence-corrected chi connectivity index (χ4v) is 3.27. The molecule has 0 aliphatic heterocycles. The summed E-state index contributed by atoms with van der Waals surface area (Å²) < 4.78 is 0. The van der Waals surface area contributed by atoms with Gasteiger partial charge in [0.2, 0.25) is 0 Å². The van der Waals surface area contributed by atoms with Gasteiger partial charge in [0.15, 0.2) is 0 Å². The zero-order chi connectivity index (χ0) is 14.4. The van der Waals surface area contributed by atoms with Gasteiger partial charge in [-0.15, -0.1) is 0 Å². The normalized spacial score (nSPS) is 18.4. The van der Waals surface area contributed by atoms with Gasteiger partial charge in [-0.1, -0.05) is 57.4 Å². The Bertz CT molecular complexity index is 373. The van der Waals surface area contributed by atoms with Crippen molar-refractivity contribution in [1.82, 2.24) is 5.32 Å². The summed E-state index contributed by atoms with van der Waals surface area (Å²) in [6, 6.07) is 9.68. The van der Waals surface area contributed by atoms with Gasteiger partial charge in [0.05, 0.1) is 0 Å². The lowest BCUT2D eigenvalue weighted by Crippen LogP contribution is -2.27. The predicted molar refractivity (Wildman–Crippen MR) is 88.0 cm³/mol. The maximum Gasteiger partial charge on any atom is 0.0291 e. The summed E-state index contributed by atoms with van der Waals surface area (Å²) in [6.07, 6.45) is 8.35. The molecule has 112 valence electrons. The largest absolute Gasteiger partial charge is 0.310 e. The van der Waals surface area contributed by atoms with Crippen LogP contribution < -0.4 is 5.32 Å². The maximum atomic E-state index is 3.73. The second-order valence-corrected chi connectivity index (χ2v) is 6.97. The molecule has 1 atom stereocenters. The van der Waals surface area contributed by atoms with Crippen LogP contribution in [-0.2, 0) is 6.42 Å². The quantitative estimate of drug-likeness (QED) is 0.759. The number of hydrogen-bond donors (Lipinski definition) is 1. The lowest BCUT2D eigenvalue weighted by molar-refractivity contribution is 0.331. The van der Waals surface area contributed by atoms with Crippen LogP contribution in [0.15, 0.2) is 24.3 Å². The minimum absolute atomic E-state index is 0.477. The van der Waals surface area contributed by atoms with E-state index in [2.05, 4.69) is 50.4 Å². The molecule has 1 nitrogen and oxygen atoms in total. The molecule has 1 aliphatic rings. The number of hydrogen-bond acceptors (Lipinski definition) is 1. The smallest absolute Gasteiger partial charge is 0.0291 e. The fraction of sp³-hybridized carbons (Fsp3) is 0.684. The van der Waals surface area contributed by atoms with Gasteiger partial charge in [0, 0.05) is 6.04 Å². The Hall–Kier alpha value is -0.820. The molecule has 0 spiro atoms. The average Bonchev–Trinajstić information content (AvgIpc) is 2.46. The molecule has 1 aliphatic carbocycles. The summed E-state index contributed by atoms with van der Waals surface area (Å²) in [6.45, 7) is 8.04. The molecular formula is C19H31N. The van der Waals surface area contributed by atoms with Crippen LogP contribution in [0, 0.1) is 11.8 Å². The summed E-state index contributed by atoms with van der Waals surface area (Å²) >= 11 is 0. The molecule has 0 bridgehead atoms. The van der Waals surface area contributed by atoms with Gasteiger partial charge in [-0.3, -0.25) is 0 Å². The first-order valence-corrected chi connectivity index (χ1v) is 8.47. The monoisotopic (exact) mass is 273 g/mol. The molecular weight excluding hydrogens is 242 g/mol. The highest BCUT2D eigenvalue weighted by Gasteiger charge is 2.14. The number of benzene rings is 1. The van der Waals surface area contributed by atoms with Crippen molar-refractivity contribution in [2.75, 3.05) is 6.54 Å². The van der Waals surface area contributed by atoms with Crippen LogP contribution in [0.3, 0.4) is 0 Å². The summed E-state index contributed by atoms with van der Waals surface area (Å²) in [7, 11) is 0. The highest BCUT2D eigenvalue weighted by atomic mass is 14.9. The van der Waals surface area contributed by atoms with Crippen molar-refractivity contribution in [3.05, 3.63) is 35.4 Å². The maximum absolute atomic E-state index is 3.73. The molecule has 1 heteroatoms. The van der Waals surface area contributed by atoms with Crippen molar-refractivity contribution in [2.24, 2.45) is 11.8 Å². The Kier molecular flexibility index (Phi) is 6.09. The molecule has 1 unspecified atom stereocenters. The van der Waals surface area contributed by atoms with Crippen LogP contribution in [0.1, 0.15) is 70.0 Å². The average molecular weight is 273 g/mol. The van der Waals surface area contributed by atoms with Crippen molar-refractivity contribution in [3.63, 3.8) is 0 Å². The van der Waals surface area contributed by atoms with E-state index in [1.54, 1.807) is 0 Å². The SMILES string of the molecule is CC(C)Cc1ccc(C(C)NCC2CCCCC2)cc1. The fourth-order valence-electron chi connectivity index (χ4n) is 3.27. The van der Waals surface area contributed by atoms with E-state index in [-0.39, 0.29) is 0 Å². The minimum Gasteiger partial charge on any atom is -0.310 e. The minimum atomic E-state index is 0.477. The van der Waals surface area contributed by atoms with Gasteiger partial charge in [-0.2, -0.15) is 0 Å². The van der Waals surface area contributed by atoms with E-state index in [9.17, 15) is 0 Å². The van der Waals surface area contributed by atoms with Gasteiger partial charge in [0.25, 0.3) is 0 Å². The zero-order valence-corrected chi connectivity index (χ0v) is 13.5. The predicted octanol–water partition coefficient (Wildman–Crippen LogP) is 5.12. The third kappa shape index (κ3) is 4.94. The Balaban J connectivity index is 1.80. The second-order valence-electron chi connectivity index (χ2n) is 6.97. The van der Waals surface area contributed by atoms with Gasteiger partial charge in [-0.05, 0) is 55.7 Å². The van der Waals surface area contributed by atoms with Crippen LogP contribution in [0.4, 0.5) is 0 Å². The molecule has 0 saturated heterocycles. The molecule has 0 radical (unpaired) electrons. The molecule has 1 aromatic rings. The van der Waals surface area contributed by atoms with Crippen molar-refractivity contribution < 1.29 is 0 Å². The van der Waals surface area contributed by atoms with Crippen LogP contribution in [0.5, 0.6) is 0 Å².